The van der Waals surface area contributed by atoms with E-state index in [1.165, 1.54) is 0 Å². The zero-order chi connectivity index (χ0) is 10.4. The summed E-state index contributed by atoms with van der Waals surface area (Å²) in [6.45, 7) is 10.0. The summed E-state index contributed by atoms with van der Waals surface area (Å²) >= 11 is 0. The lowest BCUT2D eigenvalue weighted by Crippen LogP contribution is -2.48. The van der Waals surface area contributed by atoms with E-state index in [9.17, 15) is 4.79 Å². The average molecular weight is 186 g/mol. The van der Waals surface area contributed by atoms with Crippen molar-refractivity contribution in [2.75, 3.05) is 13.1 Å². The van der Waals surface area contributed by atoms with Crippen LogP contribution in [0.3, 0.4) is 0 Å². The summed E-state index contributed by atoms with van der Waals surface area (Å²) in [6, 6.07) is -0.0972. The fourth-order valence-electron chi connectivity index (χ4n) is 1.66. The molecule has 78 valence electrons. The van der Waals surface area contributed by atoms with Gasteiger partial charge in [-0.2, -0.15) is 0 Å². The molecule has 0 bridgehead atoms. The molecule has 13 heavy (non-hydrogen) atoms. The first-order chi connectivity index (χ1) is 6.08. The van der Waals surface area contributed by atoms with Gasteiger partial charge in [0.1, 0.15) is 0 Å². The zero-order valence-electron chi connectivity index (χ0n) is 9.21. The number of nitrogens with two attached hydrogens (primary N) is 1. The van der Waals surface area contributed by atoms with Gasteiger partial charge in [0.2, 0.25) is 5.91 Å². The molecule has 3 nitrogen and oxygen atoms in total. The fourth-order valence-corrected chi connectivity index (χ4v) is 1.66. The molecule has 0 saturated heterocycles. The third kappa shape index (κ3) is 3.35. The first kappa shape index (κ1) is 12.4. The van der Waals surface area contributed by atoms with Crippen LogP contribution >= 0.6 is 0 Å². The number of rotatable bonds is 6. The summed E-state index contributed by atoms with van der Waals surface area (Å²) in [7, 11) is 0. The SMILES string of the molecule is CC[C@H](C)[C@@H](C(N)=O)N(CC)CC. The molecule has 0 spiro atoms. The summed E-state index contributed by atoms with van der Waals surface area (Å²) in [5.74, 6) is 0.149. The number of hydrogen-bond acceptors (Lipinski definition) is 2. The lowest BCUT2D eigenvalue weighted by molar-refractivity contribution is -0.124. The van der Waals surface area contributed by atoms with E-state index < -0.39 is 0 Å². The Bertz CT molecular complexity index is 155. The Morgan fingerprint density at radius 1 is 1.31 bits per heavy atom. The number of hydrogen-bond donors (Lipinski definition) is 1. The van der Waals surface area contributed by atoms with Crippen LogP contribution in [0.1, 0.15) is 34.1 Å². The number of nitrogens with zero attached hydrogens (tertiary/aromatic N) is 1. The van der Waals surface area contributed by atoms with Crippen LogP contribution in [0.5, 0.6) is 0 Å². The molecule has 2 atom stereocenters. The van der Waals surface area contributed by atoms with Crippen LogP contribution in [0.15, 0.2) is 0 Å². The number of amides is 1. The Labute approximate surface area is 81.3 Å². The summed E-state index contributed by atoms with van der Waals surface area (Å²) < 4.78 is 0. The maximum atomic E-state index is 11.2. The summed E-state index contributed by atoms with van der Waals surface area (Å²) in [6.07, 6.45) is 0.990. The van der Waals surface area contributed by atoms with Gasteiger partial charge >= 0.3 is 0 Å². The van der Waals surface area contributed by atoms with Crippen LogP contribution in [0.4, 0.5) is 0 Å². The second-order valence-electron chi connectivity index (χ2n) is 3.45. The molecule has 0 aliphatic rings. The van der Waals surface area contributed by atoms with Crippen molar-refractivity contribution < 1.29 is 4.79 Å². The van der Waals surface area contributed by atoms with Crippen molar-refractivity contribution in [3.63, 3.8) is 0 Å². The molecule has 0 radical (unpaired) electrons. The molecule has 0 aromatic heterocycles. The van der Waals surface area contributed by atoms with Crippen LogP contribution in [0.25, 0.3) is 0 Å². The Morgan fingerprint density at radius 3 is 2.00 bits per heavy atom. The van der Waals surface area contributed by atoms with Crippen LogP contribution in [-0.2, 0) is 4.79 Å². The van der Waals surface area contributed by atoms with E-state index in [1.54, 1.807) is 0 Å². The monoisotopic (exact) mass is 186 g/mol. The van der Waals surface area contributed by atoms with Gasteiger partial charge < -0.3 is 5.73 Å². The van der Waals surface area contributed by atoms with Gasteiger partial charge in [0.25, 0.3) is 0 Å². The highest BCUT2D eigenvalue weighted by Crippen LogP contribution is 2.13. The Morgan fingerprint density at radius 2 is 1.77 bits per heavy atom. The maximum absolute atomic E-state index is 11.2. The summed E-state index contributed by atoms with van der Waals surface area (Å²) in [5, 5.41) is 0. The fraction of sp³-hybridized carbons (Fsp3) is 0.900. The second-order valence-corrected chi connectivity index (χ2v) is 3.45. The van der Waals surface area contributed by atoms with Crippen molar-refractivity contribution in [2.24, 2.45) is 11.7 Å². The minimum atomic E-state index is -0.196. The third-order valence-corrected chi connectivity index (χ3v) is 2.68. The van der Waals surface area contributed by atoms with Gasteiger partial charge in [-0.05, 0) is 19.0 Å². The molecule has 0 aromatic carbocycles. The third-order valence-electron chi connectivity index (χ3n) is 2.68. The van der Waals surface area contributed by atoms with E-state index in [2.05, 4.69) is 32.6 Å². The lowest BCUT2D eigenvalue weighted by atomic mass is 9.97. The molecular formula is C10H22N2O. The van der Waals surface area contributed by atoms with Crippen LogP contribution < -0.4 is 5.73 Å². The topological polar surface area (TPSA) is 46.3 Å². The lowest BCUT2D eigenvalue weighted by Gasteiger charge is -2.31. The van der Waals surface area contributed by atoms with Gasteiger partial charge in [0, 0.05) is 0 Å². The summed E-state index contributed by atoms with van der Waals surface area (Å²) in [4.78, 5) is 13.4. The minimum absolute atomic E-state index is 0.0972. The number of primary amides is 1. The molecule has 0 rings (SSSR count). The number of carbonyl (C=O) groups is 1. The van der Waals surface area contributed by atoms with Crippen molar-refractivity contribution in [1.29, 1.82) is 0 Å². The zero-order valence-corrected chi connectivity index (χ0v) is 9.21. The number of carbonyl (C=O) groups excluding carboxylic acids is 1. The standard InChI is InChI=1S/C10H22N2O/c1-5-8(4)9(10(11)13)12(6-2)7-3/h8-9H,5-7H2,1-4H3,(H2,11,13)/t8-,9-/m0/s1. The highest BCUT2D eigenvalue weighted by Gasteiger charge is 2.26. The van der Waals surface area contributed by atoms with E-state index in [0.717, 1.165) is 19.5 Å². The molecule has 0 fully saturated rings. The van der Waals surface area contributed by atoms with Crippen LogP contribution in [-0.4, -0.2) is 29.9 Å². The Balaban J connectivity index is 4.47. The molecule has 3 heteroatoms. The quantitative estimate of drug-likeness (QED) is 0.678. The van der Waals surface area contributed by atoms with Gasteiger partial charge in [0.05, 0.1) is 6.04 Å². The predicted octanol–water partition coefficient (Wildman–Crippen LogP) is 1.23. The smallest absolute Gasteiger partial charge is 0.235 e. The number of likely N-dealkylation sites (N-methyl/N-ethyl adjacent to an activating group) is 1. The molecule has 0 saturated carbocycles. The van der Waals surface area contributed by atoms with Crippen molar-refractivity contribution in [1.82, 2.24) is 4.90 Å². The van der Waals surface area contributed by atoms with Crippen molar-refractivity contribution in [3.8, 4) is 0 Å². The normalized spacial score (nSPS) is 15.8. The van der Waals surface area contributed by atoms with Crippen LogP contribution in [0.2, 0.25) is 0 Å². The minimum Gasteiger partial charge on any atom is -0.368 e. The molecule has 0 unspecified atom stereocenters. The molecule has 0 aliphatic carbocycles. The molecule has 1 amide bonds. The highest BCUT2D eigenvalue weighted by molar-refractivity contribution is 5.80. The molecule has 0 aromatic rings. The summed E-state index contributed by atoms with van der Waals surface area (Å²) in [5.41, 5.74) is 5.38. The first-order valence-corrected chi connectivity index (χ1v) is 5.11. The van der Waals surface area contributed by atoms with Gasteiger partial charge in [0.15, 0.2) is 0 Å². The van der Waals surface area contributed by atoms with Crippen LogP contribution in [0, 0.1) is 5.92 Å². The largest absolute Gasteiger partial charge is 0.368 e. The Kier molecular flexibility index (Phi) is 5.71. The van der Waals surface area contributed by atoms with Crippen molar-refractivity contribution in [2.45, 2.75) is 40.2 Å². The van der Waals surface area contributed by atoms with Crippen molar-refractivity contribution in [3.05, 3.63) is 0 Å². The van der Waals surface area contributed by atoms with Crippen molar-refractivity contribution >= 4 is 5.91 Å². The highest BCUT2D eigenvalue weighted by atomic mass is 16.1. The van der Waals surface area contributed by atoms with Gasteiger partial charge in [-0.1, -0.05) is 34.1 Å². The van der Waals surface area contributed by atoms with E-state index in [4.69, 9.17) is 5.73 Å². The molecule has 0 heterocycles. The maximum Gasteiger partial charge on any atom is 0.235 e. The van der Waals surface area contributed by atoms with E-state index in [-0.39, 0.29) is 11.9 Å². The van der Waals surface area contributed by atoms with Gasteiger partial charge in [-0.15, -0.1) is 0 Å². The van der Waals surface area contributed by atoms with E-state index in [0.29, 0.717) is 5.92 Å². The van der Waals surface area contributed by atoms with Gasteiger partial charge in [-0.25, -0.2) is 0 Å². The molecular weight excluding hydrogens is 164 g/mol. The van der Waals surface area contributed by atoms with E-state index in [1.807, 2.05) is 0 Å². The Hall–Kier alpha value is -0.570. The second kappa shape index (κ2) is 5.97. The molecule has 0 aliphatic heterocycles. The van der Waals surface area contributed by atoms with E-state index >= 15 is 0 Å². The first-order valence-electron chi connectivity index (χ1n) is 5.11. The molecule has 2 N–H and O–H groups in total. The van der Waals surface area contributed by atoms with Gasteiger partial charge in [-0.3, -0.25) is 9.69 Å². The predicted molar refractivity (Wildman–Crippen MR) is 55.4 cm³/mol. The average Bonchev–Trinajstić information content (AvgIpc) is 2.12.